The summed E-state index contributed by atoms with van der Waals surface area (Å²) < 4.78 is 19.6. The van der Waals surface area contributed by atoms with Crippen LogP contribution in [0, 0.1) is 5.82 Å². The molecular formula is C38H47FN2O3. The van der Waals surface area contributed by atoms with Crippen LogP contribution in [0.2, 0.25) is 0 Å². The minimum atomic E-state index is -0.600. The van der Waals surface area contributed by atoms with Gasteiger partial charge in [0, 0.05) is 36.5 Å². The number of benzene rings is 4. The molecule has 0 saturated heterocycles. The number of aromatic hydroxyl groups is 2. The normalized spacial score (nSPS) is 12.3. The molecule has 4 aromatic rings. The molecule has 5 nitrogen and oxygen atoms in total. The summed E-state index contributed by atoms with van der Waals surface area (Å²) in [7, 11) is 0. The van der Waals surface area contributed by atoms with Gasteiger partial charge in [-0.2, -0.15) is 0 Å². The van der Waals surface area contributed by atoms with E-state index in [1.54, 1.807) is 6.07 Å². The third-order valence-corrected chi connectivity index (χ3v) is 8.19. The van der Waals surface area contributed by atoms with E-state index < -0.39 is 5.82 Å². The number of ether oxygens (including phenoxy) is 1. The van der Waals surface area contributed by atoms with E-state index in [-0.39, 0.29) is 11.7 Å². The molecular weight excluding hydrogens is 551 g/mol. The van der Waals surface area contributed by atoms with Crippen LogP contribution in [0.5, 0.6) is 17.2 Å². The fourth-order valence-electron chi connectivity index (χ4n) is 5.78. The minimum Gasteiger partial charge on any atom is -0.508 e. The van der Waals surface area contributed by atoms with E-state index in [0.717, 1.165) is 54.8 Å². The molecule has 44 heavy (non-hydrogen) atoms. The van der Waals surface area contributed by atoms with Gasteiger partial charge in [-0.05, 0) is 106 Å². The average molecular weight is 599 g/mol. The van der Waals surface area contributed by atoms with E-state index in [4.69, 9.17) is 4.74 Å². The lowest BCUT2D eigenvalue weighted by Gasteiger charge is -2.32. The molecule has 0 fully saturated rings. The van der Waals surface area contributed by atoms with Gasteiger partial charge < -0.3 is 20.3 Å². The van der Waals surface area contributed by atoms with E-state index in [1.807, 2.05) is 30.3 Å². The monoisotopic (exact) mass is 598 g/mol. The van der Waals surface area contributed by atoms with E-state index in [0.29, 0.717) is 31.0 Å². The molecule has 0 heterocycles. The lowest BCUT2D eigenvalue weighted by Crippen LogP contribution is -2.38. The smallest absolute Gasteiger partial charge is 0.165 e. The minimum absolute atomic E-state index is 0.0985. The van der Waals surface area contributed by atoms with E-state index in [2.05, 4.69) is 80.4 Å². The highest BCUT2D eigenvalue weighted by Gasteiger charge is 2.21. The highest BCUT2D eigenvalue weighted by molar-refractivity contribution is 5.44. The number of phenolic OH excluding ortho intramolecular Hbond substituents is 2. The van der Waals surface area contributed by atoms with Crippen LogP contribution in [-0.4, -0.2) is 46.9 Å². The van der Waals surface area contributed by atoms with Gasteiger partial charge in [-0.15, -0.1) is 0 Å². The quantitative estimate of drug-likeness (QED) is 0.115. The van der Waals surface area contributed by atoms with Crippen molar-refractivity contribution in [3.8, 4) is 17.2 Å². The summed E-state index contributed by atoms with van der Waals surface area (Å²) in [5.74, 6) is 0.333. The summed E-state index contributed by atoms with van der Waals surface area (Å²) in [6, 6.07) is 29.9. The maximum Gasteiger partial charge on any atom is 0.165 e. The van der Waals surface area contributed by atoms with Crippen molar-refractivity contribution in [2.45, 2.75) is 71.5 Å². The zero-order chi connectivity index (χ0) is 31.5. The Labute approximate surface area is 262 Å². The fraction of sp³-hybridized carbons (Fsp3) is 0.368. The SMILES string of the molecule is CC(C)N(CC[C@H](c1ccccc1)c1cc(CCOc2ccc(CCNCc3ccc(O)c(F)c3)cc2)ccc1O)C(C)C. The summed E-state index contributed by atoms with van der Waals surface area (Å²) in [6.07, 6.45) is 2.50. The van der Waals surface area contributed by atoms with Crippen LogP contribution >= 0.6 is 0 Å². The summed E-state index contributed by atoms with van der Waals surface area (Å²) in [5.41, 5.74) is 5.30. The topological polar surface area (TPSA) is 65.0 Å². The van der Waals surface area contributed by atoms with Crippen molar-refractivity contribution in [3.63, 3.8) is 0 Å². The molecule has 0 bridgehead atoms. The number of phenols is 2. The van der Waals surface area contributed by atoms with Crippen molar-refractivity contribution < 1.29 is 19.3 Å². The van der Waals surface area contributed by atoms with Gasteiger partial charge in [-0.25, -0.2) is 4.39 Å². The first kappa shape index (κ1) is 33.0. The molecule has 0 aliphatic rings. The first-order chi connectivity index (χ1) is 21.2. The predicted octanol–water partition coefficient (Wildman–Crippen LogP) is 7.83. The molecule has 0 unspecified atom stereocenters. The first-order valence-electron chi connectivity index (χ1n) is 15.7. The largest absolute Gasteiger partial charge is 0.508 e. The van der Waals surface area contributed by atoms with E-state index >= 15 is 0 Å². The third-order valence-electron chi connectivity index (χ3n) is 8.19. The fourth-order valence-corrected chi connectivity index (χ4v) is 5.78. The Morgan fingerprint density at radius 1 is 0.750 bits per heavy atom. The Hall–Kier alpha value is -3.87. The molecule has 4 rings (SSSR count). The molecule has 0 amide bonds. The van der Waals surface area contributed by atoms with Crippen LogP contribution in [0.1, 0.15) is 67.9 Å². The summed E-state index contributed by atoms with van der Waals surface area (Å²) in [6.45, 7) is 11.8. The van der Waals surface area contributed by atoms with Crippen molar-refractivity contribution >= 4 is 0 Å². The van der Waals surface area contributed by atoms with Gasteiger partial charge in [0.1, 0.15) is 11.5 Å². The van der Waals surface area contributed by atoms with Gasteiger partial charge in [0.25, 0.3) is 0 Å². The summed E-state index contributed by atoms with van der Waals surface area (Å²) in [4.78, 5) is 2.51. The van der Waals surface area contributed by atoms with Crippen molar-refractivity contribution in [3.05, 3.63) is 125 Å². The van der Waals surface area contributed by atoms with Crippen LogP contribution in [0.15, 0.2) is 91.0 Å². The molecule has 0 saturated carbocycles. The maximum absolute atomic E-state index is 13.5. The highest BCUT2D eigenvalue weighted by atomic mass is 19.1. The summed E-state index contributed by atoms with van der Waals surface area (Å²) >= 11 is 0. The van der Waals surface area contributed by atoms with E-state index in [1.165, 1.54) is 23.3 Å². The van der Waals surface area contributed by atoms with Crippen molar-refractivity contribution in [2.24, 2.45) is 0 Å². The maximum atomic E-state index is 13.5. The van der Waals surface area contributed by atoms with Gasteiger partial charge in [0.15, 0.2) is 11.6 Å². The standard InChI is InChI=1S/C38H47FN2O3/c1-27(2)41(28(3)4)22-19-34(32-8-6-5-7-9-32)35-24-30(12-16-37(35)42)20-23-44-33-14-10-29(11-15-33)18-21-40-26-31-13-17-38(43)36(39)25-31/h5-17,24-25,27-28,34,40,42-43H,18-23,26H2,1-4H3/t34-/m1/s1. The molecule has 4 aromatic carbocycles. The number of halogens is 1. The highest BCUT2D eigenvalue weighted by Crippen LogP contribution is 2.35. The Kier molecular flexibility index (Phi) is 12.2. The predicted molar refractivity (Wildman–Crippen MR) is 177 cm³/mol. The zero-order valence-electron chi connectivity index (χ0n) is 26.5. The summed E-state index contributed by atoms with van der Waals surface area (Å²) in [5, 5.41) is 23.6. The van der Waals surface area contributed by atoms with E-state index in [9.17, 15) is 14.6 Å². The van der Waals surface area contributed by atoms with Crippen LogP contribution in [-0.2, 0) is 19.4 Å². The Balaban J connectivity index is 1.31. The van der Waals surface area contributed by atoms with Crippen LogP contribution in [0.25, 0.3) is 0 Å². The van der Waals surface area contributed by atoms with Crippen molar-refractivity contribution in [1.82, 2.24) is 10.2 Å². The molecule has 0 spiro atoms. The molecule has 3 N–H and O–H groups in total. The first-order valence-corrected chi connectivity index (χ1v) is 15.7. The molecule has 6 heteroatoms. The number of rotatable bonds is 16. The Morgan fingerprint density at radius 3 is 2.09 bits per heavy atom. The zero-order valence-corrected chi connectivity index (χ0v) is 26.5. The number of hydrogen-bond acceptors (Lipinski definition) is 5. The molecule has 234 valence electrons. The lowest BCUT2D eigenvalue weighted by atomic mass is 9.86. The molecule has 0 aromatic heterocycles. The van der Waals surface area contributed by atoms with Gasteiger partial charge in [0.2, 0.25) is 0 Å². The number of hydrogen-bond donors (Lipinski definition) is 3. The van der Waals surface area contributed by atoms with Crippen LogP contribution in [0.3, 0.4) is 0 Å². The van der Waals surface area contributed by atoms with Crippen LogP contribution < -0.4 is 10.1 Å². The van der Waals surface area contributed by atoms with Gasteiger partial charge in [-0.3, -0.25) is 4.90 Å². The Morgan fingerprint density at radius 2 is 1.41 bits per heavy atom. The molecule has 1 atom stereocenters. The Bertz CT molecular complexity index is 1430. The van der Waals surface area contributed by atoms with Crippen molar-refractivity contribution in [2.75, 3.05) is 19.7 Å². The lowest BCUT2D eigenvalue weighted by molar-refractivity contribution is 0.170. The van der Waals surface area contributed by atoms with Gasteiger partial charge in [-0.1, -0.05) is 60.7 Å². The second kappa shape index (κ2) is 16.3. The molecule has 0 aliphatic heterocycles. The van der Waals surface area contributed by atoms with Gasteiger partial charge >= 0.3 is 0 Å². The second-order valence-electron chi connectivity index (χ2n) is 12.0. The second-order valence-corrected chi connectivity index (χ2v) is 12.0. The van der Waals surface area contributed by atoms with Crippen molar-refractivity contribution in [1.29, 1.82) is 0 Å². The third kappa shape index (κ3) is 9.57. The van der Waals surface area contributed by atoms with Crippen LogP contribution in [0.4, 0.5) is 4.39 Å². The number of nitrogens with one attached hydrogen (secondary N) is 1. The molecule has 0 radical (unpaired) electrons. The number of nitrogens with zero attached hydrogens (tertiary/aromatic N) is 1. The molecule has 0 aliphatic carbocycles. The average Bonchev–Trinajstić information content (AvgIpc) is 3.01. The van der Waals surface area contributed by atoms with Gasteiger partial charge in [0.05, 0.1) is 6.61 Å².